The molecule has 406 valence electrons. The summed E-state index contributed by atoms with van der Waals surface area (Å²) in [7, 11) is 6.61. The Morgan fingerprint density at radius 2 is 1.57 bits per heavy atom. The number of nitrogens with one attached hydrogen (secondary N) is 4. The molecule has 0 radical (unpaired) electrons. The van der Waals surface area contributed by atoms with Gasteiger partial charge in [0.25, 0.3) is 0 Å². The molecule has 0 aliphatic carbocycles. The summed E-state index contributed by atoms with van der Waals surface area (Å²) in [5.41, 5.74) is 7.16. The Balaban J connectivity index is 1.65. The van der Waals surface area contributed by atoms with Gasteiger partial charge in [-0.2, -0.15) is 0 Å². The van der Waals surface area contributed by atoms with Crippen molar-refractivity contribution < 1.29 is 53.2 Å². The highest BCUT2D eigenvalue weighted by Crippen LogP contribution is 2.30. The van der Waals surface area contributed by atoms with E-state index < -0.39 is 72.2 Å². The molecule has 72 heavy (non-hydrogen) atoms. The van der Waals surface area contributed by atoms with E-state index >= 15 is 0 Å². The van der Waals surface area contributed by atoms with E-state index in [1.54, 1.807) is 30.0 Å². The van der Waals surface area contributed by atoms with Gasteiger partial charge in [0.05, 0.1) is 42.7 Å². The molecule has 1 aliphatic rings. The summed E-state index contributed by atoms with van der Waals surface area (Å²) in [5, 5.41) is 28.6. The predicted octanol–water partition coefficient (Wildman–Crippen LogP) is 4.56. The van der Waals surface area contributed by atoms with E-state index in [-0.39, 0.29) is 54.2 Å². The van der Waals surface area contributed by atoms with Crippen LogP contribution in [0.4, 0.5) is 0 Å². The van der Waals surface area contributed by atoms with Crippen LogP contribution in [0.2, 0.25) is 0 Å². The fraction of sp³-hybridized carbons (Fsp3) is 0.717. The number of hydrogen-bond donors (Lipinski definition) is 7. The van der Waals surface area contributed by atoms with Crippen LogP contribution in [0.1, 0.15) is 125 Å². The molecule has 0 unspecified atom stereocenters. The summed E-state index contributed by atoms with van der Waals surface area (Å²) in [6.07, 6.45) is 6.44. The molecule has 5 amide bonds. The Bertz CT molecular complexity index is 2060. The lowest BCUT2D eigenvalue weighted by molar-refractivity contribution is -0.148. The average Bonchev–Trinajstić information content (AvgIpc) is 3.99. The lowest BCUT2D eigenvalue weighted by atomic mass is 9.89. The van der Waals surface area contributed by atoms with Gasteiger partial charge in [0.15, 0.2) is 0 Å². The SMILES string of the molecule is CC[C@H](C)[C@@H]([C@@H](CC(=O)N1CCC[C@H]1[C@H](OC)[C@@H](C)C(=O)N[C@@H](Cc1c[nH]c2ccccc12)C(=O)O)OC)N(C)C(=O)[C@@H](NC(=O)[C@H](C(C)C)N(C)CCCCCC(=O)NCCCC[C@H](N)C(=O)O)C(C)C. The summed E-state index contributed by atoms with van der Waals surface area (Å²) in [5.74, 6) is -4.80. The van der Waals surface area contributed by atoms with Crippen LogP contribution in [0.3, 0.4) is 0 Å². The van der Waals surface area contributed by atoms with E-state index in [0.29, 0.717) is 71.0 Å². The maximum absolute atomic E-state index is 14.6. The van der Waals surface area contributed by atoms with Crippen LogP contribution in [0.15, 0.2) is 30.5 Å². The van der Waals surface area contributed by atoms with Gasteiger partial charge in [-0.05, 0) is 87.9 Å². The molecule has 2 heterocycles. The zero-order valence-corrected chi connectivity index (χ0v) is 44.9. The van der Waals surface area contributed by atoms with Crippen molar-refractivity contribution in [2.75, 3.05) is 47.9 Å². The molecule has 1 fully saturated rings. The summed E-state index contributed by atoms with van der Waals surface area (Å²) in [6, 6.07) is 3.05. The molecule has 1 aliphatic heterocycles. The van der Waals surface area contributed by atoms with Crippen molar-refractivity contribution in [1.82, 2.24) is 35.6 Å². The number of fused-ring (bicyclic) bond motifs is 1. The van der Waals surface area contributed by atoms with Gasteiger partial charge in [-0.25, -0.2) is 4.79 Å². The van der Waals surface area contributed by atoms with Gasteiger partial charge in [-0.1, -0.05) is 79.5 Å². The molecule has 0 spiro atoms. The Labute approximate surface area is 427 Å². The molecule has 8 N–H and O–H groups in total. The molecule has 0 bridgehead atoms. The van der Waals surface area contributed by atoms with Crippen LogP contribution in [-0.2, 0) is 49.5 Å². The third-order valence-corrected chi connectivity index (χ3v) is 14.6. The van der Waals surface area contributed by atoms with Crippen LogP contribution in [0, 0.1) is 23.7 Å². The summed E-state index contributed by atoms with van der Waals surface area (Å²) in [6.45, 7) is 14.9. The maximum atomic E-state index is 14.6. The van der Waals surface area contributed by atoms with Gasteiger partial charge >= 0.3 is 11.9 Å². The third kappa shape index (κ3) is 17.5. The quantitative estimate of drug-likeness (QED) is 0.0485. The number of unbranched alkanes of at least 4 members (excludes halogenated alkanes) is 3. The molecule has 1 aromatic carbocycles. The van der Waals surface area contributed by atoms with Gasteiger partial charge in [0.2, 0.25) is 29.5 Å². The fourth-order valence-corrected chi connectivity index (χ4v) is 10.2. The molecule has 1 saturated heterocycles. The molecule has 3 rings (SSSR count). The van der Waals surface area contributed by atoms with Gasteiger partial charge in [-0.3, -0.25) is 33.7 Å². The molecule has 19 heteroatoms. The number of carbonyl (C=O) groups excluding carboxylic acids is 5. The number of aromatic amines is 1. The number of para-hydroxylation sites is 1. The second kappa shape index (κ2) is 30.2. The molecule has 0 saturated carbocycles. The van der Waals surface area contributed by atoms with Gasteiger partial charge in [0, 0.05) is 64.3 Å². The Hall–Kier alpha value is -5.11. The van der Waals surface area contributed by atoms with Crippen molar-refractivity contribution in [3.8, 4) is 0 Å². The first-order valence-electron chi connectivity index (χ1n) is 26.0. The number of amides is 5. The number of H-pyrrole nitrogens is 1. The number of rotatable bonds is 33. The highest BCUT2D eigenvalue weighted by atomic mass is 16.5. The number of aliphatic carboxylic acids is 2. The van der Waals surface area contributed by atoms with Gasteiger partial charge in [0.1, 0.15) is 18.1 Å². The zero-order chi connectivity index (χ0) is 53.8. The minimum Gasteiger partial charge on any atom is -0.480 e. The normalized spacial score (nSPS) is 17.7. The number of ether oxygens (including phenoxy) is 2. The molecular formula is C53H88N8O11. The van der Waals surface area contributed by atoms with E-state index in [9.17, 15) is 38.7 Å². The lowest BCUT2D eigenvalue weighted by Gasteiger charge is -2.41. The van der Waals surface area contributed by atoms with Crippen LogP contribution in [0.5, 0.6) is 0 Å². The number of benzene rings is 1. The monoisotopic (exact) mass is 1010 g/mol. The van der Waals surface area contributed by atoms with Crippen LogP contribution in [-0.4, -0.2) is 168 Å². The third-order valence-electron chi connectivity index (χ3n) is 14.6. The number of methoxy groups -OCH3 is 2. The molecular weight excluding hydrogens is 925 g/mol. The largest absolute Gasteiger partial charge is 0.480 e. The second-order valence-electron chi connectivity index (χ2n) is 20.6. The number of carboxylic acids is 2. The smallest absolute Gasteiger partial charge is 0.326 e. The number of hydrogen-bond acceptors (Lipinski definition) is 11. The fourth-order valence-electron chi connectivity index (χ4n) is 10.2. The van der Waals surface area contributed by atoms with E-state index in [4.69, 9.17) is 20.3 Å². The minimum absolute atomic E-state index is 0.0578. The number of likely N-dealkylation sites (N-methyl/N-ethyl adjacent to an activating group) is 2. The van der Waals surface area contributed by atoms with E-state index in [0.717, 1.165) is 29.3 Å². The van der Waals surface area contributed by atoms with Gasteiger partial charge < -0.3 is 56.2 Å². The minimum atomic E-state index is -1.20. The summed E-state index contributed by atoms with van der Waals surface area (Å²) >= 11 is 0. The number of carbonyl (C=O) groups is 7. The lowest BCUT2D eigenvalue weighted by Crippen LogP contribution is -2.60. The zero-order valence-electron chi connectivity index (χ0n) is 44.9. The van der Waals surface area contributed by atoms with Crippen molar-refractivity contribution in [2.24, 2.45) is 29.4 Å². The number of aromatic nitrogens is 1. The maximum Gasteiger partial charge on any atom is 0.326 e. The van der Waals surface area contributed by atoms with Crippen molar-refractivity contribution in [1.29, 1.82) is 0 Å². The van der Waals surface area contributed by atoms with Crippen molar-refractivity contribution in [2.45, 2.75) is 174 Å². The van der Waals surface area contributed by atoms with E-state index in [1.165, 1.54) is 14.2 Å². The van der Waals surface area contributed by atoms with Crippen molar-refractivity contribution in [3.63, 3.8) is 0 Å². The Morgan fingerprint density at radius 3 is 2.18 bits per heavy atom. The number of nitrogens with zero attached hydrogens (tertiary/aromatic N) is 3. The summed E-state index contributed by atoms with van der Waals surface area (Å²) < 4.78 is 12.0. The number of nitrogens with two attached hydrogens (primary N) is 1. The van der Waals surface area contributed by atoms with E-state index in [2.05, 4.69) is 20.9 Å². The topological polar surface area (TPSA) is 266 Å². The van der Waals surface area contributed by atoms with Crippen molar-refractivity contribution >= 4 is 52.4 Å². The highest BCUT2D eigenvalue weighted by Gasteiger charge is 2.43. The molecule has 1 aromatic heterocycles. The first-order valence-corrected chi connectivity index (χ1v) is 26.0. The molecule has 2 aromatic rings. The predicted molar refractivity (Wildman–Crippen MR) is 277 cm³/mol. The van der Waals surface area contributed by atoms with Crippen LogP contribution >= 0.6 is 0 Å². The van der Waals surface area contributed by atoms with Gasteiger partial charge in [-0.15, -0.1) is 0 Å². The highest BCUT2D eigenvalue weighted by molar-refractivity contribution is 5.91. The van der Waals surface area contributed by atoms with Crippen LogP contribution < -0.4 is 21.7 Å². The first-order chi connectivity index (χ1) is 34.1. The standard InChI is InChI=1S/C53H88N8O11/c1-12-34(6)47(60(9)51(66)45(32(2)3)58-50(65)46(33(4)5)59(8)27-19-13-14-25-43(62)55-26-18-17-22-38(54)52(67)68)42(71-10)30-44(63)61-28-20-24-41(61)48(72-11)35(7)49(64)57-40(53(69)70)29-36-31-56-39-23-16-15-21-37(36)39/h15-16,21,23,31-35,38,40-42,45-48,56H,12-14,17-20,22,24-30,54H2,1-11H3,(H,55,62)(H,57,64)(H,58,65)(H,67,68)(H,69,70)/t34-,35+,38-,40-,41-,42+,45-,46-,47-,48+/m0/s1. The number of carboxylic acid groups (broad SMARTS) is 2. The second-order valence-corrected chi connectivity index (χ2v) is 20.6. The Kier molecular flexibility index (Phi) is 25.6. The molecule has 10 atom stereocenters. The Morgan fingerprint density at radius 1 is 0.875 bits per heavy atom. The molecule has 19 nitrogen and oxygen atoms in total. The first kappa shape index (κ1) is 61.2. The summed E-state index contributed by atoms with van der Waals surface area (Å²) in [4.78, 5) is 101. The van der Waals surface area contributed by atoms with E-state index in [1.807, 2.05) is 77.8 Å². The number of likely N-dealkylation sites (tertiary alicyclic amines) is 1. The average molecular weight is 1010 g/mol. The van der Waals surface area contributed by atoms with Crippen molar-refractivity contribution in [3.05, 3.63) is 36.0 Å². The van der Waals surface area contributed by atoms with Crippen LogP contribution in [0.25, 0.3) is 10.9 Å².